The van der Waals surface area contributed by atoms with Gasteiger partial charge in [-0.05, 0) is 68.5 Å². The van der Waals surface area contributed by atoms with Gasteiger partial charge in [0.2, 0.25) is 21.8 Å². The maximum Gasteiger partial charge on any atom is 0.242 e. The molecule has 3 rings (SSSR count). The van der Waals surface area contributed by atoms with E-state index in [4.69, 9.17) is 4.74 Å². The molecule has 0 bridgehead atoms. The molecule has 2 amide bonds. The van der Waals surface area contributed by atoms with Gasteiger partial charge >= 0.3 is 0 Å². The fraction of sp³-hybridized carbons (Fsp3) is 0.500. The van der Waals surface area contributed by atoms with Gasteiger partial charge in [-0.15, -0.1) is 0 Å². The van der Waals surface area contributed by atoms with Crippen LogP contribution in [0.4, 0.5) is 5.69 Å². The highest BCUT2D eigenvalue weighted by Crippen LogP contribution is 2.22. The third-order valence-electron chi connectivity index (χ3n) is 6.80. The largest absolute Gasteiger partial charge is 0.497 e. The molecule has 0 spiro atoms. The molecule has 202 valence electrons. The topological polar surface area (TPSA) is 96.0 Å². The van der Waals surface area contributed by atoms with E-state index in [1.54, 1.807) is 25.0 Å². The lowest BCUT2D eigenvalue weighted by atomic mass is 10.1. The summed E-state index contributed by atoms with van der Waals surface area (Å²) in [5, 5.41) is 3.10. The number of anilines is 1. The zero-order valence-corrected chi connectivity index (χ0v) is 23.1. The van der Waals surface area contributed by atoms with Gasteiger partial charge in [-0.2, -0.15) is 0 Å². The molecule has 1 aliphatic rings. The Balaban J connectivity index is 1.73. The highest BCUT2D eigenvalue weighted by molar-refractivity contribution is 7.92. The predicted molar refractivity (Wildman–Crippen MR) is 146 cm³/mol. The lowest BCUT2D eigenvalue weighted by Crippen LogP contribution is -2.49. The predicted octanol–water partition coefficient (Wildman–Crippen LogP) is 4.03. The van der Waals surface area contributed by atoms with Crippen LogP contribution in [0.3, 0.4) is 0 Å². The summed E-state index contributed by atoms with van der Waals surface area (Å²) in [7, 11) is -1.94. The van der Waals surface area contributed by atoms with Gasteiger partial charge in [0.15, 0.2) is 0 Å². The smallest absolute Gasteiger partial charge is 0.242 e. The maximum absolute atomic E-state index is 13.5. The Morgan fingerprint density at radius 2 is 1.81 bits per heavy atom. The molecule has 1 N–H and O–H groups in total. The number of rotatable bonds is 12. The number of hydrogen-bond donors (Lipinski definition) is 1. The highest BCUT2D eigenvalue weighted by atomic mass is 32.2. The van der Waals surface area contributed by atoms with E-state index in [0.717, 1.165) is 36.8 Å². The third-order valence-corrected chi connectivity index (χ3v) is 7.99. The van der Waals surface area contributed by atoms with Gasteiger partial charge in [-0.1, -0.05) is 37.1 Å². The zero-order valence-electron chi connectivity index (χ0n) is 22.3. The molecule has 8 nitrogen and oxygen atoms in total. The van der Waals surface area contributed by atoms with Crippen LogP contribution in [0.5, 0.6) is 5.75 Å². The van der Waals surface area contributed by atoms with Crippen LogP contribution in [0, 0.1) is 6.92 Å². The van der Waals surface area contributed by atoms with E-state index in [9.17, 15) is 18.0 Å². The Morgan fingerprint density at radius 3 is 2.46 bits per heavy atom. The molecule has 0 saturated heterocycles. The Morgan fingerprint density at radius 1 is 1.11 bits per heavy atom. The standard InChI is InChI=1S/C28H39N3O5S/c1-21-10-7-14-25(18-21)31(37(4,34)35)17-9-16-27(32)30(20-23-11-8-15-26(19-23)36-3)22(2)28(33)29-24-12-5-6-13-24/h7-8,10-11,14-15,18-19,22,24H,5-6,9,12-13,16-17,20H2,1-4H3,(H,29,33)/t22-/m0/s1. The van der Waals surface area contributed by atoms with Crippen LogP contribution in [-0.4, -0.2) is 57.1 Å². The number of benzene rings is 2. The Labute approximate surface area is 221 Å². The number of sulfonamides is 1. The fourth-order valence-corrected chi connectivity index (χ4v) is 5.69. The first-order valence-corrected chi connectivity index (χ1v) is 14.7. The van der Waals surface area contributed by atoms with Gasteiger partial charge in [-0.3, -0.25) is 13.9 Å². The SMILES string of the molecule is COc1cccc(CN(C(=O)CCCN(c2cccc(C)c2)S(C)(=O)=O)[C@@H](C)C(=O)NC2CCCC2)c1. The van der Waals surface area contributed by atoms with Gasteiger partial charge in [-0.25, -0.2) is 8.42 Å². The van der Waals surface area contributed by atoms with Crippen LogP contribution in [0.2, 0.25) is 0 Å². The van der Waals surface area contributed by atoms with E-state index in [1.807, 2.05) is 49.4 Å². The number of carbonyl (C=O) groups is 2. The number of methoxy groups -OCH3 is 1. The van der Waals surface area contributed by atoms with Crippen molar-refractivity contribution in [3.63, 3.8) is 0 Å². The summed E-state index contributed by atoms with van der Waals surface area (Å²) < 4.78 is 31.6. The van der Waals surface area contributed by atoms with Gasteiger partial charge < -0.3 is 15.0 Å². The minimum atomic E-state index is -3.52. The average Bonchev–Trinajstić information content (AvgIpc) is 3.37. The third kappa shape index (κ3) is 8.21. The maximum atomic E-state index is 13.5. The first-order valence-electron chi connectivity index (χ1n) is 12.9. The van der Waals surface area contributed by atoms with E-state index in [-0.39, 0.29) is 37.4 Å². The van der Waals surface area contributed by atoms with E-state index < -0.39 is 16.1 Å². The van der Waals surface area contributed by atoms with Gasteiger partial charge in [0, 0.05) is 25.6 Å². The molecule has 1 saturated carbocycles. The Bertz CT molecular complexity index is 1180. The van der Waals surface area contributed by atoms with Crippen LogP contribution in [-0.2, 0) is 26.2 Å². The number of nitrogens with one attached hydrogen (secondary N) is 1. The molecule has 9 heteroatoms. The summed E-state index contributed by atoms with van der Waals surface area (Å²) >= 11 is 0. The summed E-state index contributed by atoms with van der Waals surface area (Å²) in [5.41, 5.74) is 2.38. The quantitative estimate of drug-likeness (QED) is 0.448. The number of hydrogen-bond acceptors (Lipinski definition) is 5. The normalized spacial score (nSPS) is 14.7. The number of ether oxygens (including phenoxy) is 1. The first kappa shape index (κ1) is 28.5. The van der Waals surface area contributed by atoms with Crippen molar-refractivity contribution >= 4 is 27.5 Å². The average molecular weight is 530 g/mol. The molecule has 2 aromatic rings. The summed E-state index contributed by atoms with van der Waals surface area (Å²) in [6.07, 6.45) is 5.73. The minimum Gasteiger partial charge on any atom is -0.497 e. The lowest BCUT2D eigenvalue weighted by Gasteiger charge is -2.30. The second-order valence-corrected chi connectivity index (χ2v) is 11.7. The fourth-order valence-electron chi connectivity index (χ4n) is 4.73. The Kier molecular flexibility index (Phi) is 9.97. The highest BCUT2D eigenvalue weighted by Gasteiger charge is 2.29. The molecule has 0 aliphatic heterocycles. The van der Waals surface area contributed by atoms with Crippen molar-refractivity contribution in [2.24, 2.45) is 0 Å². The monoisotopic (exact) mass is 529 g/mol. The number of carbonyl (C=O) groups excluding carboxylic acids is 2. The van der Waals surface area contributed by atoms with Crippen molar-refractivity contribution in [1.82, 2.24) is 10.2 Å². The molecule has 0 unspecified atom stereocenters. The van der Waals surface area contributed by atoms with Crippen LogP contribution in [0.1, 0.15) is 56.6 Å². The molecule has 0 radical (unpaired) electrons. The second-order valence-electron chi connectivity index (χ2n) is 9.82. The van der Waals surface area contributed by atoms with Crippen molar-refractivity contribution in [1.29, 1.82) is 0 Å². The van der Waals surface area contributed by atoms with Gasteiger partial charge in [0.1, 0.15) is 11.8 Å². The Hall–Kier alpha value is -3.07. The lowest BCUT2D eigenvalue weighted by molar-refractivity contribution is -0.141. The molecule has 1 fully saturated rings. The zero-order chi connectivity index (χ0) is 27.0. The summed E-state index contributed by atoms with van der Waals surface area (Å²) in [4.78, 5) is 28.1. The van der Waals surface area contributed by atoms with Crippen LogP contribution in [0.15, 0.2) is 48.5 Å². The number of amides is 2. The number of aryl methyl sites for hydroxylation is 1. The van der Waals surface area contributed by atoms with Crippen molar-refractivity contribution < 1.29 is 22.7 Å². The van der Waals surface area contributed by atoms with E-state index in [1.165, 1.54) is 10.6 Å². The molecular weight excluding hydrogens is 490 g/mol. The van der Waals surface area contributed by atoms with Crippen LogP contribution >= 0.6 is 0 Å². The van der Waals surface area contributed by atoms with E-state index in [2.05, 4.69) is 5.32 Å². The van der Waals surface area contributed by atoms with Crippen LogP contribution in [0.25, 0.3) is 0 Å². The molecule has 1 aliphatic carbocycles. The van der Waals surface area contributed by atoms with Gasteiger partial charge in [0.25, 0.3) is 0 Å². The molecule has 0 aromatic heterocycles. The second kappa shape index (κ2) is 12.9. The van der Waals surface area contributed by atoms with E-state index in [0.29, 0.717) is 17.9 Å². The van der Waals surface area contributed by atoms with E-state index >= 15 is 0 Å². The molecular formula is C28H39N3O5S. The van der Waals surface area contributed by atoms with Crippen LogP contribution < -0.4 is 14.4 Å². The van der Waals surface area contributed by atoms with Gasteiger partial charge in [0.05, 0.1) is 19.1 Å². The van der Waals surface area contributed by atoms with Crippen molar-refractivity contribution in [3.05, 3.63) is 59.7 Å². The summed E-state index contributed by atoms with van der Waals surface area (Å²) in [5.74, 6) is 0.310. The van der Waals surface area contributed by atoms with Crippen molar-refractivity contribution in [2.75, 3.05) is 24.2 Å². The first-order chi connectivity index (χ1) is 17.6. The molecule has 2 aromatic carbocycles. The molecule has 1 atom stereocenters. The summed E-state index contributed by atoms with van der Waals surface area (Å²) in [6, 6.07) is 14.2. The molecule has 37 heavy (non-hydrogen) atoms. The van der Waals surface area contributed by atoms with Crippen molar-refractivity contribution in [3.8, 4) is 5.75 Å². The minimum absolute atomic E-state index is 0.114. The number of nitrogens with zero attached hydrogens (tertiary/aromatic N) is 2. The molecule has 0 heterocycles. The van der Waals surface area contributed by atoms with Crippen molar-refractivity contribution in [2.45, 2.75) is 71.0 Å². The summed E-state index contributed by atoms with van der Waals surface area (Å²) in [6.45, 7) is 4.08.